The first kappa shape index (κ1) is 26.7. The van der Waals surface area contributed by atoms with Crippen LogP contribution in [-0.4, -0.2) is 5.97 Å². The van der Waals surface area contributed by atoms with E-state index >= 15 is 0 Å². The largest absolute Gasteiger partial charge is 0.420 e. The molecular weight excluding hydrogens is 432 g/mol. The van der Waals surface area contributed by atoms with Crippen molar-refractivity contribution in [2.24, 2.45) is 11.8 Å². The predicted octanol–water partition coefficient (Wildman–Crippen LogP) is 9.29. The van der Waals surface area contributed by atoms with Crippen molar-refractivity contribution < 1.29 is 14.2 Å². The van der Waals surface area contributed by atoms with Crippen LogP contribution in [0, 0.1) is 11.8 Å². The smallest absolute Gasteiger partial charge is 0.420 e. The van der Waals surface area contributed by atoms with E-state index < -0.39 is 5.97 Å². The zero-order chi connectivity index (χ0) is 24.8. The minimum Gasteiger partial charge on any atom is -0.420 e. The van der Waals surface area contributed by atoms with Gasteiger partial charge >= 0.3 is 5.97 Å². The van der Waals surface area contributed by atoms with Crippen LogP contribution in [0.2, 0.25) is 0 Å². The molecule has 3 rings (SSSR count). The highest BCUT2D eigenvalue weighted by Crippen LogP contribution is 2.38. The first-order valence-corrected chi connectivity index (χ1v) is 13.3. The van der Waals surface area contributed by atoms with E-state index in [1.54, 1.807) is 0 Å². The van der Waals surface area contributed by atoms with E-state index in [1.165, 1.54) is 32.1 Å². The van der Waals surface area contributed by atoms with Crippen molar-refractivity contribution in [1.29, 1.82) is 0 Å². The summed E-state index contributed by atoms with van der Waals surface area (Å²) in [7, 11) is 0. The Kier molecular flexibility index (Phi) is 11.0. The minimum absolute atomic E-state index is 0.0364. The lowest BCUT2D eigenvalue weighted by Crippen LogP contribution is -2.55. The van der Waals surface area contributed by atoms with Gasteiger partial charge in [0, 0.05) is 0 Å². The fourth-order valence-corrected chi connectivity index (χ4v) is 4.45. The molecule has 0 aliphatic rings. The van der Waals surface area contributed by atoms with Crippen molar-refractivity contribution in [2.45, 2.75) is 78.1 Å². The van der Waals surface area contributed by atoms with Crippen LogP contribution >= 0.6 is 0 Å². The summed E-state index contributed by atoms with van der Waals surface area (Å²) < 4.78 is 20.2. The molecule has 1 atom stereocenters. The van der Waals surface area contributed by atoms with Gasteiger partial charge in [-0.15, -0.1) is 0 Å². The summed E-state index contributed by atoms with van der Waals surface area (Å²) in [6.45, 7) is 6.77. The lowest BCUT2D eigenvalue weighted by molar-refractivity contribution is -0.289. The van der Waals surface area contributed by atoms with Crippen LogP contribution in [0.4, 0.5) is 0 Å². The molecule has 0 N–H and O–H groups in total. The Balaban J connectivity index is 1.97. The molecule has 0 saturated heterocycles. The Morgan fingerprint density at radius 3 is 1.37 bits per heavy atom. The summed E-state index contributed by atoms with van der Waals surface area (Å²) in [6, 6.07) is 29.7. The first-order valence-electron chi connectivity index (χ1n) is 13.3. The number of hydrogen-bond acceptors (Lipinski definition) is 3. The molecule has 3 aromatic rings. The van der Waals surface area contributed by atoms with E-state index in [9.17, 15) is 0 Å². The fraction of sp³-hybridized carbons (Fsp3) is 0.438. The summed E-state index contributed by atoms with van der Waals surface area (Å²) in [5.41, 5.74) is 0. The van der Waals surface area contributed by atoms with Gasteiger partial charge in [0.2, 0.25) is 0 Å². The van der Waals surface area contributed by atoms with E-state index in [4.69, 9.17) is 14.2 Å². The van der Waals surface area contributed by atoms with Crippen LogP contribution in [0.15, 0.2) is 91.0 Å². The fourth-order valence-electron chi connectivity index (χ4n) is 4.45. The molecular formula is C32H42O3. The summed E-state index contributed by atoms with van der Waals surface area (Å²) in [6.07, 6.45) is 9.39. The number of benzene rings is 3. The van der Waals surface area contributed by atoms with E-state index in [0.29, 0.717) is 5.92 Å². The predicted molar refractivity (Wildman–Crippen MR) is 145 cm³/mol. The molecule has 3 heteroatoms. The molecule has 0 aliphatic carbocycles. The van der Waals surface area contributed by atoms with Gasteiger partial charge in [0.15, 0.2) is 0 Å². The third-order valence-corrected chi connectivity index (χ3v) is 6.17. The monoisotopic (exact) mass is 474 g/mol. The van der Waals surface area contributed by atoms with Gasteiger partial charge in [0.25, 0.3) is 0 Å². The van der Waals surface area contributed by atoms with Gasteiger partial charge in [-0.05, 0) is 55.2 Å². The van der Waals surface area contributed by atoms with Gasteiger partial charge in [-0.3, -0.25) is 0 Å². The quantitative estimate of drug-likeness (QED) is 0.153. The zero-order valence-electron chi connectivity index (χ0n) is 21.7. The SMILES string of the molecule is CCCCCCCCC(CC(C)C)C(Oc1ccccc1)(Oc1ccccc1)Oc1ccccc1. The van der Waals surface area contributed by atoms with Crippen LogP contribution in [0.1, 0.15) is 72.1 Å². The molecule has 0 heterocycles. The molecule has 188 valence electrons. The van der Waals surface area contributed by atoms with Crippen molar-refractivity contribution in [3.8, 4) is 17.2 Å². The van der Waals surface area contributed by atoms with E-state index in [1.807, 2.05) is 91.0 Å². The summed E-state index contributed by atoms with van der Waals surface area (Å²) in [5.74, 6) is 1.41. The van der Waals surface area contributed by atoms with Crippen molar-refractivity contribution in [1.82, 2.24) is 0 Å². The Morgan fingerprint density at radius 1 is 0.571 bits per heavy atom. The molecule has 0 fully saturated rings. The summed E-state index contributed by atoms with van der Waals surface area (Å²) >= 11 is 0. The van der Waals surface area contributed by atoms with Crippen LogP contribution in [0.5, 0.6) is 17.2 Å². The first-order chi connectivity index (χ1) is 17.1. The van der Waals surface area contributed by atoms with Crippen LogP contribution in [-0.2, 0) is 0 Å². The van der Waals surface area contributed by atoms with Crippen molar-refractivity contribution in [3.05, 3.63) is 91.0 Å². The molecule has 0 saturated carbocycles. The lowest BCUT2D eigenvalue weighted by atomic mass is 9.89. The topological polar surface area (TPSA) is 27.7 Å². The average molecular weight is 475 g/mol. The van der Waals surface area contributed by atoms with Gasteiger partial charge in [0.05, 0.1) is 5.92 Å². The van der Waals surface area contributed by atoms with Crippen molar-refractivity contribution >= 4 is 0 Å². The maximum Gasteiger partial charge on any atom is 0.420 e. The highest BCUT2D eigenvalue weighted by Gasteiger charge is 2.47. The van der Waals surface area contributed by atoms with Gasteiger partial charge in [-0.1, -0.05) is 114 Å². The lowest BCUT2D eigenvalue weighted by Gasteiger charge is -2.40. The second-order valence-electron chi connectivity index (χ2n) is 9.73. The normalized spacial score (nSPS) is 12.3. The zero-order valence-corrected chi connectivity index (χ0v) is 21.7. The number of rotatable bonds is 16. The second-order valence-corrected chi connectivity index (χ2v) is 9.73. The summed E-state index contributed by atoms with van der Waals surface area (Å²) in [4.78, 5) is 0. The van der Waals surface area contributed by atoms with Crippen molar-refractivity contribution in [3.63, 3.8) is 0 Å². The summed E-state index contributed by atoms with van der Waals surface area (Å²) in [5, 5.41) is 0. The Labute approximate surface area is 212 Å². The maximum absolute atomic E-state index is 6.72. The Bertz CT molecular complexity index is 823. The molecule has 0 amide bonds. The highest BCUT2D eigenvalue weighted by molar-refractivity contribution is 5.26. The van der Waals surface area contributed by atoms with E-state index in [0.717, 1.165) is 36.5 Å². The molecule has 3 nitrogen and oxygen atoms in total. The molecule has 3 aromatic carbocycles. The molecule has 0 aromatic heterocycles. The highest BCUT2D eigenvalue weighted by atomic mass is 16.9. The van der Waals surface area contributed by atoms with Gasteiger partial charge in [-0.2, -0.15) is 0 Å². The van der Waals surface area contributed by atoms with E-state index in [2.05, 4.69) is 20.8 Å². The molecule has 1 unspecified atom stereocenters. The van der Waals surface area contributed by atoms with Crippen LogP contribution in [0.3, 0.4) is 0 Å². The maximum atomic E-state index is 6.72. The molecule has 35 heavy (non-hydrogen) atoms. The van der Waals surface area contributed by atoms with Gasteiger partial charge < -0.3 is 14.2 Å². The third kappa shape index (κ3) is 8.98. The second kappa shape index (κ2) is 14.5. The van der Waals surface area contributed by atoms with Gasteiger partial charge in [-0.25, -0.2) is 0 Å². The third-order valence-electron chi connectivity index (χ3n) is 6.17. The standard InChI is InChI=1S/C32H42O3/c1-4-5-6-7-8-12-19-28(26-27(2)3)32(33-29-20-13-9-14-21-29,34-30-22-15-10-16-23-30)35-31-24-17-11-18-25-31/h9-11,13-18,20-25,27-28H,4-8,12,19,26H2,1-3H3. The number of para-hydroxylation sites is 3. The molecule has 0 radical (unpaired) electrons. The molecule has 0 aliphatic heterocycles. The van der Waals surface area contributed by atoms with Crippen molar-refractivity contribution in [2.75, 3.05) is 0 Å². The Morgan fingerprint density at radius 2 is 0.971 bits per heavy atom. The minimum atomic E-state index is -1.29. The number of hydrogen-bond donors (Lipinski definition) is 0. The average Bonchev–Trinajstić information content (AvgIpc) is 2.87. The number of unbranched alkanes of at least 4 members (excludes halogenated alkanes) is 5. The molecule has 0 bridgehead atoms. The van der Waals surface area contributed by atoms with Crippen LogP contribution < -0.4 is 14.2 Å². The molecule has 0 spiro atoms. The van der Waals surface area contributed by atoms with E-state index in [-0.39, 0.29) is 5.92 Å². The Hall–Kier alpha value is -2.94. The van der Waals surface area contributed by atoms with Gasteiger partial charge in [0.1, 0.15) is 17.2 Å². The number of ether oxygens (including phenoxy) is 3. The van der Waals surface area contributed by atoms with Crippen LogP contribution in [0.25, 0.3) is 0 Å².